The molecule has 6 nitrogen and oxygen atoms in total. The molecule has 0 unspecified atom stereocenters. The third-order valence-electron chi connectivity index (χ3n) is 3.85. The quantitative estimate of drug-likeness (QED) is 0.907. The number of amides is 2. The summed E-state index contributed by atoms with van der Waals surface area (Å²) < 4.78 is 7.48. The zero-order chi connectivity index (χ0) is 14.7. The van der Waals surface area contributed by atoms with E-state index in [1.54, 1.807) is 10.9 Å². The van der Waals surface area contributed by atoms with E-state index in [2.05, 4.69) is 15.7 Å². The first-order chi connectivity index (χ1) is 10.2. The van der Waals surface area contributed by atoms with Gasteiger partial charge in [0.1, 0.15) is 11.5 Å². The van der Waals surface area contributed by atoms with Gasteiger partial charge in [0.25, 0.3) is 0 Å². The first-order valence-electron chi connectivity index (χ1n) is 7.34. The highest BCUT2D eigenvalue weighted by Gasteiger charge is 2.17. The lowest BCUT2D eigenvalue weighted by atomic mass is 10.2. The molecule has 2 heterocycles. The average molecular weight is 288 g/mol. The Labute approximate surface area is 123 Å². The van der Waals surface area contributed by atoms with Crippen molar-refractivity contribution in [2.75, 3.05) is 0 Å². The molecule has 1 aliphatic rings. The summed E-state index contributed by atoms with van der Waals surface area (Å²) >= 11 is 0. The van der Waals surface area contributed by atoms with Crippen LogP contribution in [0.4, 0.5) is 4.79 Å². The van der Waals surface area contributed by atoms with E-state index >= 15 is 0 Å². The molecule has 0 aromatic carbocycles. The van der Waals surface area contributed by atoms with Crippen LogP contribution in [-0.4, -0.2) is 21.9 Å². The maximum Gasteiger partial charge on any atom is 0.315 e. The minimum absolute atomic E-state index is 0.125. The van der Waals surface area contributed by atoms with Crippen molar-refractivity contribution in [3.8, 4) is 11.5 Å². The van der Waals surface area contributed by atoms with Crippen LogP contribution in [0.2, 0.25) is 0 Å². The van der Waals surface area contributed by atoms with Crippen LogP contribution in [0.1, 0.15) is 31.4 Å². The van der Waals surface area contributed by atoms with Gasteiger partial charge in [-0.1, -0.05) is 12.8 Å². The van der Waals surface area contributed by atoms with Gasteiger partial charge < -0.3 is 15.1 Å². The van der Waals surface area contributed by atoms with Crippen molar-refractivity contribution in [1.29, 1.82) is 0 Å². The van der Waals surface area contributed by atoms with Gasteiger partial charge in [-0.2, -0.15) is 5.10 Å². The highest BCUT2D eigenvalue weighted by molar-refractivity contribution is 5.74. The number of carbonyl (C=O) groups excluding carboxylic acids is 1. The Morgan fingerprint density at radius 3 is 2.90 bits per heavy atom. The number of carbonyl (C=O) groups is 1. The first-order valence-corrected chi connectivity index (χ1v) is 7.34. The van der Waals surface area contributed by atoms with Crippen LogP contribution in [0.3, 0.4) is 0 Å². The molecule has 1 saturated carbocycles. The minimum atomic E-state index is -0.125. The van der Waals surface area contributed by atoms with E-state index in [9.17, 15) is 4.79 Å². The Kier molecular flexibility index (Phi) is 3.94. The molecule has 112 valence electrons. The zero-order valence-electron chi connectivity index (χ0n) is 12.1. The van der Waals surface area contributed by atoms with E-state index in [-0.39, 0.29) is 6.03 Å². The van der Waals surface area contributed by atoms with Crippen molar-refractivity contribution in [1.82, 2.24) is 20.4 Å². The molecule has 0 radical (unpaired) electrons. The van der Waals surface area contributed by atoms with Crippen molar-refractivity contribution in [3.63, 3.8) is 0 Å². The van der Waals surface area contributed by atoms with Crippen LogP contribution in [0.15, 0.2) is 28.8 Å². The second-order valence-electron chi connectivity index (χ2n) is 5.41. The fraction of sp³-hybridized carbons (Fsp3) is 0.467. The molecule has 2 N–H and O–H groups in total. The van der Waals surface area contributed by atoms with Crippen LogP contribution in [0, 0.1) is 0 Å². The molecule has 2 amide bonds. The highest BCUT2D eigenvalue weighted by atomic mass is 16.3. The van der Waals surface area contributed by atoms with E-state index < -0.39 is 0 Å². The monoisotopic (exact) mass is 288 g/mol. The van der Waals surface area contributed by atoms with Crippen LogP contribution >= 0.6 is 0 Å². The summed E-state index contributed by atoms with van der Waals surface area (Å²) in [5.41, 5.74) is 0.914. The van der Waals surface area contributed by atoms with Gasteiger partial charge in [-0.3, -0.25) is 4.68 Å². The largest absolute Gasteiger partial charge is 0.458 e. The Morgan fingerprint density at radius 2 is 2.19 bits per heavy atom. The van der Waals surface area contributed by atoms with E-state index in [0.717, 1.165) is 30.1 Å². The normalized spacial score (nSPS) is 15.3. The van der Waals surface area contributed by atoms with Gasteiger partial charge in [-0.25, -0.2) is 4.79 Å². The van der Waals surface area contributed by atoms with E-state index in [0.29, 0.717) is 12.6 Å². The van der Waals surface area contributed by atoms with Crippen molar-refractivity contribution in [3.05, 3.63) is 30.2 Å². The lowest BCUT2D eigenvalue weighted by Gasteiger charge is -2.12. The summed E-state index contributed by atoms with van der Waals surface area (Å²) in [5, 5.41) is 9.93. The van der Waals surface area contributed by atoms with Crippen LogP contribution < -0.4 is 10.6 Å². The molecule has 2 aromatic rings. The minimum Gasteiger partial charge on any atom is -0.458 e. The van der Waals surface area contributed by atoms with Gasteiger partial charge in [0.2, 0.25) is 0 Å². The second kappa shape index (κ2) is 6.03. The molecule has 0 atom stereocenters. The molecule has 3 rings (SSSR count). The van der Waals surface area contributed by atoms with Gasteiger partial charge in [0, 0.05) is 19.3 Å². The summed E-state index contributed by atoms with van der Waals surface area (Å²) in [4.78, 5) is 11.8. The lowest BCUT2D eigenvalue weighted by Crippen LogP contribution is -2.40. The predicted molar refractivity (Wildman–Crippen MR) is 78.5 cm³/mol. The molecular weight excluding hydrogens is 268 g/mol. The molecule has 6 heteroatoms. The summed E-state index contributed by atoms with van der Waals surface area (Å²) in [7, 11) is 1.87. The van der Waals surface area contributed by atoms with E-state index in [4.69, 9.17) is 4.42 Å². The average Bonchev–Trinajstić information content (AvgIpc) is 3.17. The maximum absolute atomic E-state index is 11.8. The zero-order valence-corrected chi connectivity index (χ0v) is 12.1. The van der Waals surface area contributed by atoms with Gasteiger partial charge in [0.15, 0.2) is 5.76 Å². The predicted octanol–water partition coefficient (Wildman–Crippen LogP) is 2.42. The van der Waals surface area contributed by atoms with Crippen molar-refractivity contribution in [2.24, 2.45) is 7.05 Å². The summed E-state index contributed by atoms with van der Waals surface area (Å²) in [6.07, 6.45) is 6.30. The Bertz CT molecular complexity index is 611. The van der Waals surface area contributed by atoms with E-state index in [1.165, 1.54) is 12.8 Å². The number of aromatic nitrogens is 2. The van der Waals surface area contributed by atoms with Gasteiger partial charge in [-0.05, 0) is 31.0 Å². The third-order valence-corrected chi connectivity index (χ3v) is 3.85. The molecule has 0 saturated heterocycles. The summed E-state index contributed by atoms with van der Waals surface area (Å²) in [6.45, 7) is 0.385. The molecular formula is C15H20N4O2. The van der Waals surface area contributed by atoms with Crippen LogP contribution in [0.5, 0.6) is 0 Å². The second-order valence-corrected chi connectivity index (χ2v) is 5.41. The molecule has 1 fully saturated rings. The number of nitrogens with one attached hydrogen (secondary N) is 2. The topological polar surface area (TPSA) is 72.1 Å². The number of furan rings is 1. The van der Waals surface area contributed by atoms with Gasteiger partial charge >= 0.3 is 6.03 Å². The molecule has 1 aliphatic carbocycles. The molecule has 0 bridgehead atoms. The number of aryl methyl sites for hydroxylation is 1. The van der Waals surface area contributed by atoms with Gasteiger partial charge in [-0.15, -0.1) is 0 Å². The highest BCUT2D eigenvalue weighted by Crippen LogP contribution is 2.21. The van der Waals surface area contributed by atoms with Crippen molar-refractivity contribution >= 4 is 6.03 Å². The summed E-state index contributed by atoms with van der Waals surface area (Å²) in [6, 6.07) is 5.86. The fourth-order valence-electron chi connectivity index (χ4n) is 2.70. The molecule has 0 aliphatic heterocycles. The summed E-state index contributed by atoms with van der Waals surface area (Å²) in [5.74, 6) is 1.48. The van der Waals surface area contributed by atoms with E-state index in [1.807, 2.05) is 25.2 Å². The van der Waals surface area contributed by atoms with Crippen molar-refractivity contribution in [2.45, 2.75) is 38.3 Å². The Balaban J connectivity index is 1.53. The first kappa shape index (κ1) is 13.7. The third kappa shape index (κ3) is 3.26. The Hall–Kier alpha value is -2.24. The maximum atomic E-state index is 11.8. The molecule has 0 spiro atoms. The van der Waals surface area contributed by atoms with Crippen LogP contribution in [-0.2, 0) is 13.6 Å². The molecule has 21 heavy (non-hydrogen) atoms. The fourth-order valence-corrected chi connectivity index (χ4v) is 2.70. The smallest absolute Gasteiger partial charge is 0.315 e. The molecule has 2 aromatic heterocycles. The lowest BCUT2D eigenvalue weighted by molar-refractivity contribution is 0.236. The van der Waals surface area contributed by atoms with Crippen LogP contribution in [0.25, 0.3) is 11.5 Å². The Morgan fingerprint density at radius 1 is 1.38 bits per heavy atom. The SMILES string of the molecule is Cn1nccc1-c1ccc(CNC(=O)NC2CCCC2)o1. The number of hydrogen-bond donors (Lipinski definition) is 2. The van der Waals surface area contributed by atoms with Crippen molar-refractivity contribution < 1.29 is 9.21 Å². The number of rotatable bonds is 4. The number of nitrogens with zero attached hydrogens (tertiary/aromatic N) is 2. The number of hydrogen-bond acceptors (Lipinski definition) is 3. The standard InChI is InChI=1S/C15H20N4O2/c1-19-13(8-9-17-19)14-7-6-12(21-14)10-16-15(20)18-11-4-2-3-5-11/h6-9,11H,2-5,10H2,1H3,(H2,16,18,20). The number of urea groups is 1. The van der Waals surface area contributed by atoms with Gasteiger partial charge in [0.05, 0.1) is 6.54 Å².